The van der Waals surface area contributed by atoms with Gasteiger partial charge >= 0.3 is 0 Å². The van der Waals surface area contributed by atoms with Gasteiger partial charge in [0, 0.05) is 5.92 Å². The second kappa shape index (κ2) is 8.77. The average Bonchev–Trinajstić information content (AvgIpc) is 2.63. The first-order valence-corrected chi connectivity index (χ1v) is 7.82. The molecule has 1 aromatic rings. The molecule has 6 atom stereocenters. The van der Waals surface area contributed by atoms with Crippen molar-refractivity contribution in [1.29, 1.82) is 0 Å². The number of hydrogen-bond donors (Lipinski definition) is 6. The van der Waals surface area contributed by atoms with E-state index >= 15 is 0 Å². The van der Waals surface area contributed by atoms with E-state index in [1.165, 1.54) is 13.2 Å². The summed E-state index contributed by atoms with van der Waals surface area (Å²) >= 11 is 0. The molecule has 0 saturated carbocycles. The van der Waals surface area contributed by atoms with E-state index in [4.69, 9.17) is 19.3 Å². The zero-order chi connectivity index (χ0) is 18.6. The van der Waals surface area contributed by atoms with Crippen molar-refractivity contribution in [1.82, 2.24) is 0 Å². The second-order valence-electron chi connectivity index (χ2n) is 5.84. The summed E-state index contributed by atoms with van der Waals surface area (Å²) < 4.78 is 15.7. The second-order valence-corrected chi connectivity index (χ2v) is 5.84. The van der Waals surface area contributed by atoms with Crippen molar-refractivity contribution >= 4 is 0 Å². The fourth-order valence-corrected chi connectivity index (χ4v) is 2.62. The first kappa shape index (κ1) is 19.9. The van der Waals surface area contributed by atoms with Gasteiger partial charge in [-0.2, -0.15) is 0 Å². The lowest BCUT2D eigenvalue weighted by molar-refractivity contribution is -0.302. The molecule has 0 bridgehead atoms. The molecule has 0 unspecified atom stereocenters. The first-order valence-electron chi connectivity index (χ1n) is 7.82. The van der Waals surface area contributed by atoms with Gasteiger partial charge in [0.15, 0.2) is 17.8 Å². The maximum atomic E-state index is 9.94. The standard InChI is InChI=1S/C16H24O9/c1-23-11-4-8(2-3-10(11)19)9(5-17)7-24-16-15(22)14(21)13(20)12(6-18)25-16/h2-4,9,12-22H,5-7H2,1H3/t9-,12-,13-,14+,15-,16-/m1/s1. The molecule has 1 aromatic carbocycles. The molecule has 2 rings (SSSR count). The minimum atomic E-state index is -1.53. The zero-order valence-electron chi connectivity index (χ0n) is 13.7. The quantitative estimate of drug-likeness (QED) is 0.334. The predicted octanol–water partition coefficient (Wildman–Crippen LogP) is -1.71. The molecule has 6 N–H and O–H groups in total. The van der Waals surface area contributed by atoms with Crippen LogP contribution in [0.1, 0.15) is 11.5 Å². The number of ether oxygens (including phenoxy) is 3. The van der Waals surface area contributed by atoms with Crippen LogP contribution in [0.15, 0.2) is 18.2 Å². The molecule has 1 aliphatic rings. The van der Waals surface area contributed by atoms with E-state index in [-0.39, 0.29) is 24.7 Å². The molecule has 142 valence electrons. The average molecular weight is 360 g/mol. The minimum absolute atomic E-state index is 0.0437. The normalized spacial score (nSPS) is 30.9. The van der Waals surface area contributed by atoms with Crippen LogP contribution in [0.4, 0.5) is 0 Å². The van der Waals surface area contributed by atoms with Gasteiger partial charge in [-0.05, 0) is 17.7 Å². The number of aliphatic hydroxyl groups excluding tert-OH is 5. The van der Waals surface area contributed by atoms with Crippen LogP contribution < -0.4 is 4.74 Å². The number of aromatic hydroxyl groups is 1. The summed E-state index contributed by atoms with van der Waals surface area (Å²) in [6, 6.07) is 4.56. The highest BCUT2D eigenvalue weighted by Gasteiger charge is 2.44. The van der Waals surface area contributed by atoms with E-state index in [1.54, 1.807) is 12.1 Å². The van der Waals surface area contributed by atoms with Gasteiger partial charge in [0.2, 0.25) is 0 Å². The number of phenolic OH excluding ortho intramolecular Hbond substituents is 1. The summed E-state index contributed by atoms with van der Waals surface area (Å²) in [5, 5.41) is 57.8. The van der Waals surface area contributed by atoms with Crippen LogP contribution in [0.5, 0.6) is 11.5 Å². The van der Waals surface area contributed by atoms with Crippen molar-refractivity contribution in [3.8, 4) is 11.5 Å². The van der Waals surface area contributed by atoms with E-state index in [9.17, 15) is 25.5 Å². The Morgan fingerprint density at radius 2 is 1.84 bits per heavy atom. The summed E-state index contributed by atoms with van der Waals surface area (Å²) in [5.74, 6) is -0.316. The Labute approximate surface area is 144 Å². The number of rotatable bonds is 7. The molecule has 1 heterocycles. The third-order valence-electron chi connectivity index (χ3n) is 4.21. The fraction of sp³-hybridized carbons (Fsp3) is 0.625. The lowest BCUT2D eigenvalue weighted by Crippen LogP contribution is -2.59. The molecule has 1 fully saturated rings. The molecule has 25 heavy (non-hydrogen) atoms. The van der Waals surface area contributed by atoms with Gasteiger partial charge in [-0.3, -0.25) is 0 Å². The van der Waals surface area contributed by atoms with Gasteiger partial charge in [-0.15, -0.1) is 0 Å². The molecule has 0 spiro atoms. The Kier molecular flexibility index (Phi) is 6.96. The van der Waals surface area contributed by atoms with Crippen molar-refractivity contribution in [3.05, 3.63) is 23.8 Å². The number of aliphatic hydroxyl groups is 5. The van der Waals surface area contributed by atoms with Gasteiger partial charge in [-0.1, -0.05) is 6.07 Å². The van der Waals surface area contributed by atoms with Gasteiger partial charge in [0.05, 0.1) is 26.9 Å². The van der Waals surface area contributed by atoms with Crippen molar-refractivity contribution in [3.63, 3.8) is 0 Å². The van der Waals surface area contributed by atoms with Crippen LogP contribution in [-0.4, -0.2) is 88.3 Å². The van der Waals surface area contributed by atoms with Crippen LogP contribution in [0.25, 0.3) is 0 Å². The number of benzene rings is 1. The molecule has 0 aliphatic carbocycles. The number of hydrogen-bond acceptors (Lipinski definition) is 9. The summed E-state index contributed by atoms with van der Waals surface area (Å²) in [6.07, 6.45) is -6.84. The van der Waals surface area contributed by atoms with Gasteiger partial charge in [0.25, 0.3) is 0 Å². The van der Waals surface area contributed by atoms with Crippen molar-refractivity contribution in [2.75, 3.05) is 26.9 Å². The molecule has 9 heteroatoms. The summed E-state index contributed by atoms with van der Waals surface area (Å²) in [6.45, 7) is -0.915. The third-order valence-corrected chi connectivity index (χ3v) is 4.21. The maximum absolute atomic E-state index is 9.94. The van der Waals surface area contributed by atoms with E-state index in [1.807, 2.05) is 0 Å². The summed E-state index contributed by atoms with van der Waals surface area (Å²) in [5.41, 5.74) is 0.627. The largest absolute Gasteiger partial charge is 0.504 e. The van der Waals surface area contributed by atoms with Gasteiger partial charge < -0.3 is 44.8 Å². The Morgan fingerprint density at radius 1 is 1.12 bits per heavy atom. The summed E-state index contributed by atoms with van der Waals surface area (Å²) in [4.78, 5) is 0. The fourth-order valence-electron chi connectivity index (χ4n) is 2.62. The number of phenols is 1. The molecule has 1 aliphatic heterocycles. The highest BCUT2D eigenvalue weighted by molar-refractivity contribution is 5.42. The zero-order valence-corrected chi connectivity index (χ0v) is 13.7. The predicted molar refractivity (Wildman–Crippen MR) is 84.2 cm³/mol. The first-order chi connectivity index (χ1) is 11.9. The lowest BCUT2D eigenvalue weighted by atomic mass is 9.98. The van der Waals surface area contributed by atoms with Crippen molar-refractivity contribution in [2.24, 2.45) is 0 Å². The topological polar surface area (TPSA) is 149 Å². The van der Waals surface area contributed by atoms with Crippen LogP contribution in [-0.2, 0) is 9.47 Å². The number of methoxy groups -OCH3 is 1. The Hall–Kier alpha value is -1.46. The van der Waals surface area contributed by atoms with E-state index < -0.39 is 43.2 Å². The Morgan fingerprint density at radius 3 is 2.44 bits per heavy atom. The minimum Gasteiger partial charge on any atom is -0.504 e. The Bertz CT molecular complexity index is 550. The highest BCUT2D eigenvalue weighted by atomic mass is 16.7. The molecule has 1 saturated heterocycles. The third kappa shape index (κ3) is 4.39. The lowest BCUT2D eigenvalue weighted by Gasteiger charge is -2.40. The van der Waals surface area contributed by atoms with Crippen molar-refractivity contribution in [2.45, 2.75) is 36.6 Å². The Balaban J connectivity index is 2.04. The monoisotopic (exact) mass is 360 g/mol. The molecule has 0 radical (unpaired) electrons. The molecule has 9 nitrogen and oxygen atoms in total. The van der Waals surface area contributed by atoms with Gasteiger partial charge in [-0.25, -0.2) is 0 Å². The van der Waals surface area contributed by atoms with E-state index in [2.05, 4.69) is 0 Å². The van der Waals surface area contributed by atoms with E-state index in [0.29, 0.717) is 5.56 Å². The van der Waals surface area contributed by atoms with E-state index in [0.717, 1.165) is 0 Å². The van der Waals surface area contributed by atoms with Crippen LogP contribution in [0, 0.1) is 0 Å². The smallest absolute Gasteiger partial charge is 0.186 e. The molecule has 0 aromatic heterocycles. The molecule has 0 amide bonds. The van der Waals surface area contributed by atoms with Crippen LogP contribution in [0.2, 0.25) is 0 Å². The molecular formula is C16H24O9. The van der Waals surface area contributed by atoms with Crippen LogP contribution in [0.3, 0.4) is 0 Å². The SMILES string of the molecule is COc1cc([C@H](CO)CO[C@@H]2O[C@H](CO)[C@@H](O)[C@H](O)[C@H]2O)ccc1O. The molecular weight excluding hydrogens is 336 g/mol. The van der Waals surface area contributed by atoms with Gasteiger partial charge in [0.1, 0.15) is 24.4 Å². The maximum Gasteiger partial charge on any atom is 0.186 e. The highest BCUT2D eigenvalue weighted by Crippen LogP contribution is 2.30. The van der Waals surface area contributed by atoms with Crippen molar-refractivity contribution < 1.29 is 44.8 Å². The summed E-state index contributed by atoms with van der Waals surface area (Å²) in [7, 11) is 1.40. The van der Waals surface area contributed by atoms with Crippen LogP contribution >= 0.6 is 0 Å².